The Morgan fingerprint density at radius 2 is 2.18 bits per heavy atom. The van der Waals surface area contributed by atoms with Gasteiger partial charge in [-0.3, -0.25) is 9.78 Å². The number of anilines is 1. The van der Waals surface area contributed by atoms with E-state index >= 15 is 0 Å². The molecule has 1 aliphatic heterocycles. The summed E-state index contributed by atoms with van der Waals surface area (Å²) in [7, 11) is 0. The maximum atomic E-state index is 12.7. The number of nitrogen functional groups attached to an aromatic ring is 1. The summed E-state index contributed by atoms with van der Waals surface area (Å²) in [6.45, 7) is 4.49. The second-order valence-electron chi connectivity index (χ2n) is 5.68. The molecule has 3 rings (SSSR count). The third-order valence-electron chi connectivity index (χ3n) is 4.02. The number of rotatable bonds is 2. The molecule has 0 aromatic carbocycles. The number of carbonyl (C=O) groups excluding carboxylic acids is 1. The van der Waals surface area contributed by atoms with Gasteiger partial charge in [-0.25, -0.2) is 15.0 Å². The molecule has 1 fully saturated rings. The van der Waals surface area contributed by atoms with Crippen molar-refractivity contribution in [1.29, 1.82) is 0 Å². The molecule has 22 heavy (non-hydrogen) atoms. The molecule has 2 aromatic heterocycles. The van der Waals surface area contributed by atoms with Gasteiger partial charge in [-0.15, -0.1) is 0 Å². The van der Waals surface area contributed by atoms with Gasteiger partial charge in [0.1, 0.15) is 17.1 Å². The van der Waals surface area contributed by atoms with Crippen LogP contribution in [-0.2, 0) is 5.54 Å². The maximum absolute atomic E-state index is 12.7. The van der Waals surface area contributed by atoms with Crippen molar-refractivity contribution >= 4 is 11.7 Å². The van der Waals surface area contributed by atoms with Crippen LogP contribution >= 0.6 is 0 Å². The Balaban J connectivity index is 2.00. The molecule has 114 valence electrons. The topological polar surface area (TPSA) is 97.9 Å². The Bertz CT molecular complexity index is 684. The molecule has 2 aromatic rings. The van der Waals surface area contributed by atoms with E-state index in [-0.39, 0.29) is 5.91 Å². The molecule has 0 radical (unpaired) electrons. The minimum atomic E-state index is -0.575. The summed E-state index contributed by atoms with van der Waals surface area (Å²) >= 11 is 0. The van der Waals surface area contributed by atoms with E-state index in [0.29, 0.717) is 23.9 Å². The van der Waals surface area contributed by atoms with E-state index in [1.54, 1.807) is 17.2 Å². The molecular formula is C15H18N6O. The van der Waals surface area contributed by atoms with Gasteiger partial charge in [-0.2, -0.15) is 0 Å². The molecular weight excluding hydrogens is 280 g/mol. The lowest BCUT2D eigenvalue weighted by Crippen LogP contribution is -2.44. The highest BCUT2D eigenvalue weighted by atomic mass is 16.2. The molecule has 2 N–H and O–H groups in total. The number of aryl methyl sites for hydroxylation is 1. The van der Waals surface area contributed by atoms with Crippen LogP contribution in [-0.4, -0.2) is 37.3 Å². The molecule has 1 amide bonds. The number of amides is 1. The predicted octanol–water partition coefficient (Wildman–Crippen LogP) is 1.31. The first-order valence-corrected chi connectivity index (χ1v) is 7.20. The van der Waals surface area contributed by atoms with Crippen molar-refractivity contribution in [2.24, 2.45) is 0 Å². The number of hydrogen-bond acceptors (Lipinski definition) is 6. The van der Waals surface area contributed by atoms with Gasteiger partial charge in [0.05, 0.1) is 6.20 Å². The van der Waals surface area contributed by atoms with Crippen molar-refractivity contribution in [1.82, 2.24) is 24.8 Å². The van der Waals surface area contributed by atoms with Crippen molar-refractivity contribution in [3.8, 4) is 0 Å². The summed E-state index contributed by atoms with van der Waals surface area (Å²) in [5.74, 6) is 0.846. The van der Waals surface area contributed by atoms with E-state index in [0.717, 1.165) is 18.5 Å². The fourth-order valence-electron chi connectivity index (χ4n) is 2.90. The zero-order valence-electron chi connectivity index (χ0n) is 12.7. The first-order chi connectivity index (χ1) is 10.5. The van der Waals surface area contributed by atoms with Gasteiger partial charge in [0.2, 0.25) is 0 Å². The van der Waals surface area contributed by atoms with Gasteiger partial charge in [-0.1, -0.05) is 0 Å². The summed E-state index contributed by atoms with van der Waals surface area (Å²) in [6.07, 6.45) is 6.22. The van der Waals surface area contributed by atoms with Crippen LogP contribution < -0.4 is 5.73 Å². The van der Waals surface area contributed by atoms with Crippen LogP contribution in [0.25, 0.3) is 0 Å². The first-order valence-electron chi connectivity index (χ1n) is 7.20. The first kappa shape index (κ1) is 14.4. The minimum absolute atomic E-state index is 0.156. The van der Waals surface area contributed by atoms with E-state index < -0.39 is 5.54 Å². The largest absolute Gasteiger partial charge is 0.384 e. The second kappa shape index (κ2) is 5.32. The molecule has 1 atom stereocenters. The number of nitrogens with zero attached hydrogens (tertiary/aromatic N) is 5. The maximum Gasteiger partial charge on any atom is 0.274 e. The number of aromatic nitrogens is 4. The SMILES string of the molecule is Cc1cc(N)nc([C@]2(C)CCCN2C(=O)c2cnccn2)n1. The zero-order valence-corrected chi connectivity index (χ0v) is 12.7. The van der Waals surface area contributed by atoms with Crippen LogP contribution in [0, 0.1) is 6.92 Å². The van der Waals surface area contributed by atoms with Crippen LogP contribution in [0.4, 0.5) is 5.82 Å². The van der Waals surface area contributed by atoms with Crippen molar-refractivity contribution in [3.05, 3.63) is 41.9 Å². The lowest BCUT2D eigenvalue weighted by Gasteiger charge is -2.33. The van der Waals surface area contributed by atoms with Crippen LogP contribution in [0.5, 0.6) is 0 Å². The Morgan fingerprint density at radius 3 is 2.86 bits per heavy atom. The van der Waals surface area contributed by atoms with E-state index in [4.69, 9.17) is 5.73 Å². The van der Waals surface area contributed by atoms with Crippen molar-refractivity contribution in [3.63, 3.8) is 0 Å². The zero-order chi connectivity index (χ0) is 15.7. The molecule has 7 nitrogen and oxygen atoms in total. The minimum Gasteiger partial charge on any atom is -0.384 e. The summed E-state index contributed by atoms with van der Waals surface area (Å²) in [5.41, 5.74) is 6.39. The monoisotopic (exact) mass is 298 g/mol. The molecule has 0 saturated carbocycles. The number of carbonyl (C=O) groups is 1. The van der Waals surface area contributed by atoms with E-state index in [1.165, 1.54) is 12.4 Å². The van der Waals surface area contributed by atoms with Crippen molar-refractivity contribution < 1.29 is 4.79 Å². The standard InChI is InChI=1S/C15H18N6O/c1-10-8-12(16)20-14(19-10)15(2)4-3-7-21(15)13(22)11-9-17-5-6-18-11/h5-6,8-9H,3-4,7H2,1-2H3,(H2,16,19,20)/t15-/m0/s1. The Morgan fingerprint density at radius 1 is 1.36 bits per heavy atom. The molecule has 0 spiro atoms. The van der Waals surface area contributed by atoms with E-state index in [9.17, 15) is 4.79 Å². The average Bonchev–Trinajstić information content (AvgIpc) is 2.90. The third-order valence-corrected chi connectivity index (χ3v) is 4.02. The molecule has 0 aliphatic carbocycles. The molecule has 0 bridgehead atoms. The highest BCUT2D eigenvalue weighted by Gasteiger charge is 2.44. The quantitative estimate of drug-likeness (QED) is 0.897. The van der Waals surface area contributed by atoms with Crippen LogP contribution in [0.1, 0.15) is 41.8 Å². The molecule has 3 heterocycles. The Labute approximate surface area is 128 Å². The fourth-order valence-corrected chi connectivity index (χ4v) is 2.90. The molecule has 1 saturated heterocycles. The normalized spacial score (nSPS) is 21.1. The van der Waals surface area contributed by atoms with Gasteiger partial charge in [0, 0.05) is 30.7 Å². The number of likely N-dealkylation sites (tertiary alicyclic amines) is 1. The van der Waals surface area contributed by atoms with E-state index in [2.05, 4.69) is 19.9 Å². The highest BCUT2D eigenvalue weighted by molar-refractivity contribution is 5.92. The highest BCUT2D eigenvalue weighted by Crippen LogP contribution is 2.37. The van der Waals surface area contributed by atoms with Crippen molar-refractivity contribution in [2.45, 2.75) is 32.2 Å². The van der Waals surface area contributed by atoms with Crippen LogP contribution in [0.3, 0.4) is 0 Å². The molecule has 0 unspecified atom stereocenters. The molecule has 1 aliphatic rings. The van der Waals surface area contributed by atoms with Crippen LogP contribution in [0.15, 0.2) is 24.7 Å². The van der Waals surface area contributed by atoms with Gasteiger partial charge >= 0.3 is 0 Å². The lowest BCUT2D eigenvalue weighted by atomic mass is 9.97. The number of hydrogen-bond donors (Lipinski definition) is 1. The lowest BCUT2D eigenvalue weighted by molar-refractivity contribution is 0.0597. The van der Waals surface area contributed by atoms with E-state index in [1.807, 2.05) is 13.8 Å². The summed E-state index contributed by atoms with van der Waals surface area (Å²) in [6, 6.07) is 1.72. The second-order valence-corrected chi connectivity index (χ2v) is 5.68. The van der Waals surface area contributed by atoms with Crippen molar-refractivity contribution in [2.75, 3.05) is 12.3 Å². The third kappa shape index (κ3) is 2.38. The van der Waals surface area contributed by atoms with Crippen LogP contribution in [0.2, 0.25) is 0 Å². The fraction of sp³-hybridized carbons (Fsp3) is 0.400. The summed E-state index contributed by atoms with van der Waals surface area (Å²) in [5, 5.41) is 0. The number of nitrogens with two attached hydrogens (primary N) is 1. The average molecular weight is 298 g/mol. The molecule has 7 heteroatoms. The summed E-state index contributed by atoms with van der Waals surface area (Å²) < 4.78 is 0. The Hall–Kier alpha value is -2.57. The Kier molecular flexibility index (Phi) is 3.48. The summed E-state index contributed by atoms with van der Waals surface area (Å²) in [4.78, 5) is 31.4. The van der Waals surface area contributed by atoms with Gasteiger partial charge in [-0.05, 0) is 26.7 Å². The van der Waals surface area contributed by atoms with Gasteiger partial charge in [0.25, 0.3) is 5.91 Å². The predicted molar refractivity (Wildman–Crippen MR) is 80.8 cm³/mol. The van der Waals surface area contributed by atoms with Gasteiger partial charge in [0.15, 0.2) is 5.82 Å². The smallest absolute Gasteiger partial charge is 0.274 e. The van der Waals surface area contributed by atoms with Gasteiger partial charge < -0.3 is 10.6 Å².